The Balaban J connectivity index is 2.93. The summed E-state index contributed by atoms with van der Waals surface area (Å²) in [5, 5.41) is 5.86. The van der Waals surface area contributed by atoms with E-state index >= 15 is 0 Å². The van der Waals surface area contributed by atoms with Gasteiger partial charge in [-0.05, 0) is 30.2 Å². The van der Waals surface area contributed by atoms with Crippen molar-refractivity contribution in [3.8, 4) is 5.75 Å². The minimum Gasteiger partial charge on any atom is -0.495 e. The second kappa shape index (κ2) is 6.57. The lowest BCUT2D eigenvalue weighted by Crippen LogP contribution is -2.19. The summed E-state index contributed by atoms with van der Waals surface area (Å²) in [6.07, 6.45) is 0.444. The van der Waals surface area contributed by atoms with Crippen molar-refractivity contribution in [1.82, 2.24) is 5.32 Å². The first-order valence-electron chi connectivity index (χ1n) is 6.51. The number of carbonyl (C=O) groups is 1. The maximum atomic E-state index is 11.8. The Morgan fingerprint density at radius 2 is 2.00 bits per heavy atom. The van der Waals surface area contributed by atoms with E-state index in [1.54, 1.807) is 7.11 Å². The van der Waals surface area contributed by atoms with Crippen LogP contribution in [0.5, 0.6) is 5.75 Å². The predicted molar refractivity (Wildman–Crippen MR) is 78.9 cm³/mol. The zero-order valence-electron chi connectivity index (χ0n) is 12.5. The summed E-state index contributed by atoms with van der Waals surface area (Å²) in [6, 6.07) is 5.91. The van der Waals surface area contributed by atoms with E-state index in [0.717, 1.165) is 11.3 Å². The molecule has 1 rings (SSSR count). The molecule has 4 nitrogen and oxygen atoms in total. The molecule has 1 aromatic carbocycles. The van der Waals surface area contributed by atoms with Gasteiger partial charge in [0.25, 0.3) is 0 Å². The summed E-state index contributed by atoms with van der Waals surface area (Å²) in [4.78, 5) is 11.8. The molecule has 0 saturated heterocycles. The molecule has 106 valence electrons. The van der Waals surface area contributed by atoms with E-state index in [1.807, 2.05) is 25.2 Å². The van der Waals surface area contributed by atoms with Gasteiger partial charge < -0.3 is 15.4 Å². The molecule has 0 radical (unpaired) electrons. The first-order chi connectivity index (χ1) is 8.88. The molecule has 0 aliphatic rings. The van der Waals surface area contributed by atoms with E-state index in [-0.39, 0.29) is 11.3 Å². The lowest BCUT2D eigenvalue weighted by molar-refractivity contribution is -0.116. The minimum atomic E-state index is -0.0151. The third-order valence-electron chi connectivity index (χ3n) is 2.94. The van der Waals surface area contributed by atoms with E-state index in [4.69, 9.17) is 4.74 Å². The fraction of sp³-hybridized carbons (Fsp3) is 0.533. The highest BCUT2D eigenvalue weighted by molar-refractivity contribution is 5.92. The second-order valence-corrected chi connectivity index (χ2v) is 5.57. The molecule has 0 saturated carbocycles. The molecule has 0 spiro atoms. The Morgan fingerprint density at radius 3 is 2.53 bits per heavy atom. The van der Waals surface area contributed by atoms with Crippen molar-refractivity contribution in [1.29, 1.82) is 0 Å². The van der Waals surface area contributed by atoms with Gasteiger partial charge in [0.1, 0.15) is 5.75 Å². The lowest BCUT2D eigenvalue weighted by atomic mass is 9.87. The van der Waals surface area contributed by atoms with Crippen LogP contribution >= 0.6 is 0 Å². The highest BCUT2D eigenvalue weighted by atomic mass is 16.5. The molecule has 0 unspecified atom stereocenters. The van der Waals surface area contributed by atoms with E-state index in [9.17, 15) is 4.79 Å². The van der Waals surface area contributed by atoms with E-state index in [2.05, 4.69) is 31.4 Å². The van der Waals surface area contributed by atoms with E-state index < -0.39 is 0 Å². The number of anilines is 1. The molecule has 0 fully saturated rings. The van der Waals surface area contributed by atoms with Crippen LogP contribution in [0.25, 0.3) is 0 Å². The summed E-state index contributed by atoms with van der Waals surface area (Å²) in [7, 11) is 3.43. The first kappa shape index (κ1) is 15.5. The SMILES string of the molecule is CNCCC(=O)Nc1cc(C(C)(C)C)ccc1OC. The van der Waals surface area contributed by atoms with Crippen LogP contribution in [0.2, 0.25) is 0 Å². The molecule has 0 atom stereocenters. The number of hydrogen-bond donors (Lipinski definition) is 2. The zero-order chi connectivity index (χ0) is 14.5. The van der Waals surface area contributed by atoms with Crippen LogP contribution in [0.1, 0.15) is 32.8 Å². The number of rotatable bonds is 5. The summed E-state index contributed by atoms with van der Waals surface area (Å²) >= 11 is 0. The highest BCUT2D eigenvalue weighted by Gasteiger charge is 2.16. The average molecular weight is 264 g/mol. The van der Waals surface area contributed by atoms with Crippen molar-refractivity contribution in [3.05, 3.63) is 23.8 Å². The smallest absolute Gasteiger partial charge is 0.225 e. The van der Waals surface area contributed by atoms with Crippen molar-refractivity contribution in [3.63, 3.8) is 0 Å². The Bertz CT molecular complexity index is 436. The fourth-order valence-corrected chi connectivity index (χ4v) is 1.72. The fourth-order valence-electron chi connectivity index (χ4n) is 1.72. The first-order valence-corrected chi connectivity index (χ1v) is 6.51. The minimum absolute atomic E-state index is 0.0151. The molecule has 19 heavy (non-hydrogen) atoms. The van der Waals surface area contributed by atoms with Crippen LogP contribution < -0.4 is 15.4 Å². The Morgan fingerprint density at radius 1 is 1.32 bits per heavy atom. The maximum absolute atomic E-state index is 11.8. The lowest BCUT2D eigenvalue weighted by Gasteiger charge is -2.21. The molecular formula is C15H24N2O2. The van der Waals surface area contributed by atoms with Crippen LogP contribution in [-0.2, 0) is 10.2 Å². The number of benzene rings is 1. The monoisotopic (exact) mass is 264 g/mol. The van der Waals surface area contributed by atoms with Gasteiger partial charge in [-0.1, -0.05) is 26.8 Å². The largest absolute Gasteiger partial charge is 0.495 e. The molecular weight excluding hydrogens is 240 g/mol. The van der Waals surface area contributed by atoms with E-state index in [0.29, 0.717) is 18.7 Å². The Kier molecular flexibility index (Phi) is 5.36. The van der Waals surface area contributed by atoms with E-state index in [1.165, 1.54) is 0 Å². The van der Waals surface area contributed by atoms with Gasteiger partial charge in [-0.25, -0.2) is 0 Å². The highest BCUT2D eigenvalue weighted by Crippen LogP contribution is 2.31. The van der Waals surface area contributed by atoms with Gasteiger partial charge in [0.15, 0.2) is 0 Å². The second-order valence-electron chi connectivity index (χ2n) is 5.57. The van der Waals surface area contributed by atoms with Crippen LogP contribution in [0.4, 0.5) is 5.69 Å². The summed E-state index contributed by atoms with van der Waals surface area (Å²) in [5.74, 6) is 0.671. The molecule has 0 aliphatic carbocycles. The quantitative estimate of drug-likeness (QED) is 0.859. The number of amides is 1. The Labute approximate surface area is 115 Å². The van der Waals surface area contributed by atoms with Gasteiger partial charge in [-0.15, -0.1) is 0 Å². The van der Waals surface area contributed by atoms with Gasteiger partial charge in [0, 0.05) is 13.0 Å². The molecule has 4 heteroatoms. The number of nitrogens with one attached hydrogen (secondary N) is 2. The van der Waals surface area contributed by atoms with Gasteiger partial charge in [-0.2, -0.15) is 0 Å². The molecule has 0 aromatic heterocycles. The van der Waals surface area contributed by atoms with Crippen molar-refractivity contribution >= 4 is 11.6 Å². The van der Waals surface area contributed by atoms with Crippen molar-refractivity contribution < 1.29 is 9.53 Å². The molecule has 2 N–H and O–H groups in total. The van der Waals surface area contributed by atoms with Gasteiger partial charge >= 0.3 is 0 Å². The maximum Gasteiger partial charge on any atom is 0.225 e. The van der Waals surface area contributed by atoms with Gasteiger partial charge in [-0.3, -0.25) is 4.79 Å². The number of methoxy groups -OCH3 is 1. The van der Waals surface area contributed by atoms with Gasteiger partial charge in [0.05, 0.1) is 12.8 Å². The summed E-state index contributed by atoms with van der Waals surface area (Å²) in [6.45, 7) is 7.08. The standard InChI is InChI=1S/C15H24N2O2/c1-15(2,3)11-6-7-13(19-5)12(10-11)17-14(18)8-9-16-4/h6-7,10,16H,8-9H2,1-5H3,(H,17,18). The third-order valence-corrected chi connectivity index (χ3v) is 2.94. The third kappa shape index (κ3) is 4.56. The molecule has 1 amide bonds. The average Bonchev–Trinajstić information content (AvgIpc) is 2.35. The van der Waals surface area contributed by atoms with Crippen LogP contribution in [0, 0.1) is 0 Å². The normalized spacial score (nSPS) is 11.2. The number of hydrogen-bond acceptors (Lipinski definition) is 3. The molecule has 0 bridgehead atoms. The van der Waals surface area contributed by atoms with Crippen molar-refractivity contribution in [2.75, 3.05) is 26.0 Å². The Hall–Kier alpha value is -1.55. The van der Waals surface area contributed by atoms with Crippen LogP contribution in [0.3, 0.4) is 0 Å². The number of carbonyl (C=O) groups excluding carboxylic acids is 1. The molecule has 0 heterocycles. The number of ether oxygens (including phenoxy) is 1. The summed E-state index contributed by atoms with van der Waals surface area (Å²) in [5.41, 5.74) is 1.93. The van der Waals surface area contributed by atoms with Crippen LogP contribution in [0.15, 0.2) is 18.2 Å². The zero-order valence-corrected chi connectivity index (χ0v) is 12.5. The molecule has 1 aromatic rings. The predicted octanol–water partition coefficient (Wildman–Crippen LogP) is 2.54. The van der Waals surface area contributed by atoms with Gasteiger partial charge in [0.2, 0.25) is 5.91 Å². The van der Waals surface area contributed by atoms with Crippen molar-refractivity contribution in [2.45, 2.75) is 32.6 Å². The molecule has 0 aliphatic heterocycles. The topological polar surface area (TPSA) is 50.4 Å². The van der Waals surface area contributed by atoms with Crippen LogP contribution in [-0.4, -0.2) is 26.6 Å². The van der Waals surface area contributed by atoms with Crippen molar-refractivity contribution in [2.24, 2.45) is 0 Å². The summed E-state index contributed by atoms with van der Waals surface area (Å²) < 4.78 is 5.29.